The van der Waals surface area contributed by atoms with Gasteiger partial charge in [-0.15, -0.1) is 0 Å². The lowest BCUT2D eigenvalue weighted by Crippen LogP contribution is -2.01. The molecule has 0 radical (unpaired) electrons. The van der Waals surface area contributed by atoms with E-state index in [1.807, 2.05) is 17.7 Å². The average Bonchev–Trinajstić information content (AvgIpc) is 2.84. The molecule has 2 rings (SSSR count). The van der Waals surface area contributed by atoms with Crippen LogP contribution < -0.4 is 4.74 Å². The molecule has 2 heterocycles. The standard InChI is InChI=1S/C10H9NO2S2/c1-6-3-14-4-7(6)9(12)8-5-15-10(11-8)13-2/h3-5H,1-2H3. The summed E-state index contributed by atoms with van der Waals surface area (Å²) in [7, 11) is 1.54. The van der Waals surface area contributed by atoms with Crippen molar-refractivity contribution in [3.8, 4) is 5.19 Å². The van der Waals surface area contributed by atoms with Gasteiger partial charge in [0.15, 0.2) is 0 Å². The van der Waals surface area contributed by atoms with Crippen molar-refractivity contribution >= 4 is 28.5 Å². The SMILES string of the molecule is COc1nc(C(=O)c2cscc2C)cs1. The van der Waals surface area contributed by atoms with Crippen LogP contribution >= 0.6 is 22.7 Å². The molecule has 0 aliphatic carbocycles. The molecule has 0 amide bonds. The van der Waals surface area contributed by atoms with Crippen molar-refractivity contribution in [2.24, 2.45) is 0 Å². The minimum absolute atomic E-state index is 0.0340. The predicted molar refractivity (Wildman–Crippen MR) is 61.2 cm³/mol. The third-order valence-electron chi connectivity index (χ3n) is 1.99. The van der Waals surface area contributed by atoms with Gasteiger partial charge in [0.25, 0.3) is 5.19 Å². The summed E-state index contributed by atoms with van der Waals surface area (Å²) in [5.41, 5.74) is 2.18. The van der Waals surface area contributed by atoms with Crippen LogP contribution in [0.2, 0.25) is 0 Å². The molecule has 0 aliphatic rings. The molecule has 15 heavy (non-hydrogen) atoms. The van der Waals surface area contributed by atoms with E-state index in [4.69, 9.17) is 4.74 Å². The highest BCUT2D eigenvalue weighted by molar-refractivity contribution is 7.11. The number of methoxy groups -OCH3 is 1. The van der Waals surface area contributed by atoms with Crippen LogP contribution in [0.3, 0.4) is 0 Å². The Morgan fingerprint density at radius 1 is 1.40 bits per heavy atom. The van der Waals surface area contributed by atoms with Gasteiger partial charge >= 0.3 is 0 Å². The highest BCUT2D eigenvalue weighted by Crippen LogP contribution is 2.22. The second-order valence-corrected chi connectivity index (χ2v) is 4.56. The third-order valence-corrected chi connectivity index (χ3v) is 3.65. The van der Waals surface area contributed by atoms with Gasteiger partial charge in [0.2, 0.25) is 5.78 Å². The van der Waals surface area contributed by atoms with Crippen LogP contribution in [0.4, 0.5) is 0 Å². The molecule has 0 unspecified atom stereocenters. The topological polar surface area (TPSA) is 39.2 Å². The molecule has 2 aromatic heterocycles. The molecule has 0 saturated heterocycles. The van der Waals surface area contributed by atoms with Crippen molar-refractivity contribution in [1.82, 2.24) is 4.98 Å². The quantitative estimate of drug-likeness (QED) is 0.773. The number of carbonyl (C=O) groups is 1. The van der Waals surface area contributed by atoms with Gasteiger partial charge in [-0.2, -0.15) is 16.3 Å². The normalized spacial score (nSPS) is 10.3. The molecule has 0 fully saturated rings. The highest BCUT2D eigenvalue weighted by atomic mass is 32.1. The second kappa shape index (κ2) is 4.12. The number of aromatic nitrogens is 1. The summed E-state index contributed by atoms with van der Waals surface area (Å²) in [5.74, 6) is -0.0340. The number of hydrogen-bond acceptors (Lipinski definition) is 5. The summed E-state index contributed by atoms with van der Waals surface area (Å²) >= 11 is 2.86. The molecular formula is C10H9NO2S2. The van der Waals surface area contributed by atoms with Crippen LogP contribution in [0, 0.1) is 6.92 Å². The van der Waals surface area contributed by atoms with E-state index in [-0.39, 0.29) is 5.78 Å². The third kappa shape index (κ3) is 1.93. The lowest BCUT2D eigenvalue weighted by Gasteiger charge is -1.94. The van der Waals surface area contributed by atoms with Crippen LogP contribution in [-0.4, -0.2) is 17.9 Å². The van der Waals surface area contributed by atoms with Crippen LogP contribution in [-0.2, 0) is 0 Å². The number of aryl methyl sites for hydroxylation is 1. The molecular weight excluding hydrogens is 230 g/mol. The fourth-order valence-corrected chi connectivity index (χ4v) is 2.63. The fourth-order valence-electron chi connectivity index (χ4n) is 1.19. The summed E-state index contributed by atoms with van der Waals surface area (Å²) < 4.78 is 4.95. The number of carbonyl (C=O) groups excluding carboxylic acids is 1. The van der Waals surface area contributed by atoms with Gasteiger partial charge in [-0.05, 0) is 17.9 Å². The summed E-state index contributed by atoms with van der Waals surface area (Å²) in [6.07, 6.45) is 0. The maximum absolute atomic E-state index is 12.0. The Hall–Kier alpha value is -1.20. The lowest BCUT2D eigenvalue weighted by atomic mass is 10.1. The van der Waals surface area contributed by atoms with Crippen LogP contribution in [0.5, 0.6) is 5.19 Å². The van der Waals surface area contributed by atoms with Gasteiger partial charge in [0, 0.05) is 16.3 Å². The number of rotatable bonds is 3. The molecule has 0 spiro atoms. The van der Waals surface area contributed by atoms with Crippen LogP contribution in [0.1, 0.15) is 21.6 Å². The first-order valence-corrected chi connectivity index (χ1v) is 6.11. The number of ketones is 1. The molecule has 78 valence electrons. The zero-order chi connectivity index (χ0) is 10.8. The highest BCUT2D eigenvalue weighted by Gasteiger charge is 2.15. The van der Waals surface area contributed by atoms with E-state index in [0.717, 1.165) is 11.1 Å². The fraction of sp³-hybridized carbons (Fsp3) is 0.200. The molecule has 0 bridgehead atoms. The van der Waals surface area contributed by atoms with Crippen LogP contribution in [0.25, 0.3) is 0 Å². The van der Waals surface area contributed by atoms with Crippen molar-refractivity contribution in [2.45, 2.75) is 6.92 Å². The summed E-state index contributed by atoms with van der Waals surface area (Å²) in [4.78, 5) is 16.0. The van der Waals surface area contributed by atoms with Crippen molar-refractivity contribution < 1.29 is 9.53 Å². The minimum atomic E-state index is -0.0340. The van der Waals surface area contributed by atoms with Gasteiger partial charge in [0.05, 0.1) is 7.11 Å². The lowest BCUT2D eigenvalue weighted by molar-refractivity contribution is 0.103. The number of nitrogens with zero attached hydrogens (tertiary/aromatic N) is 1. The largest absolute Gasteiger partial charge is 0.473 e. The van der Waals surface area contributed by atoms with E-state index in [1.54, 1.807) is 12.5 Å². The smallest absolute Gasteiger partial charge is 0.273 e. The number of ether oxygens (including phenoxy) is 1. The van der Waals surface area contributed by atoms with Gasteiger partial charge < -0.3 is 4.74 Å². The van der Waals surface area contributed by atoms with Gasteiger partial charge in [0.1, 0.15) is 5.69 Å². The molecule has 0 atom stereocenters. The zero-order valence-corrected chi connectivity index (χ0v) is 9.95. The molecule has 0 aromatic carbocycles. The maximum atomic E-state index is 12.0. The first-order chi connectivity index (χ1) is 7.22. The van der Waals surface area contributed by atoms with Gasteiger partial charge in [-0.25, -0.2) is 0 Å². The van der Waals surface area contributed by atoms with Gasteiger partial charge in [-0.1, -0.05) is 11.3 Å². The first-order valence-electron chi connectivity index (χ1n) is 4.29. The van der Waals surface area contributed by atoms with E-state index in [1.165, 1.54) is 22.7 Å². The monoisotopic (exact) mass is 239 g/mol. The van der Waals surface area contributed by atoms with E-state index in [9.17, 15) is 4.79 Å². The van der Waals surface area contributed by atoms with Crippen molar-refractivity contribution in [1.29, 1.82) is 0 Å². The Labute approximate surface area is 95.4 Å². The first kappa shape index (κ1) is 10.3. The number of thiophene rings is 1. The summed E-state index contributed by atoms with van der Waals surface area (Å²) in [5, 5.41) is 6.05. The Morgan fingerprint density at radius 3 is 2.73 bits per heavy atom. The number of hydrogen-bond donors (Lipinski definition) is 0. The molecule has 3 nitrogen and oxygen atoms in total. The van der Waals surface area contributed by atoms with Gasteiger partial charge in [-0.3, -0.25) is 4.79 Å². The predicted octanol–water partition coefficient (Wildman–Crippen LogP) is 2.75. The van der Waals surface area contributed by atoms with E-state index >= 15 is 0 Å². The molecule has 0 N–H and O–H groups in total. The molecule has 0 aliphatic heterocycles. The summed E-state index contributed by atoms with van der Waals surface area (Å²) in [6, 6.07) is 0. The zero-order valence-electron chi connectivity index (χ0n) is 8.31. The number of thiazole rings is 1. The Kier molecular flexibility index (Phi) is 2.83. The van der Waals surface area contributed by atoms with E-state index < -0.39 is 0 Å². The second-order valence-electron chi connectivity index (χ2n) is 3.00. The van der Waals surface area contributed by atoms with E-state index in [2.05, 4.69) is 4.98 Å². The minimum Gasteiger partial charge on any atom is -0.473 e. The van der Waals surface area contributed by atoms with Crippen molar-refractivity contribution in [3.63, 3.8) is 0 Å². The van der Waals surface area contributed by atoms with Crippen molar-refractivity contribution in [3.05, 3.63) is 33.0 Å². The van der Waals surface area contributed by atoms with Crippen molar-refractivity contribution in [2.75, 3.05) is 7.11 Å². The maximum Gasteiger partial charge on any atom is 0.273 e. The molecule has 5 heteroatoms. The van der Waals surface area contributed by atoms with Crippen LogP contribution in [0.15, 0.2) is 16.1 Å². The molecule has 2 aromatic rings. The van der Waals surface area contributed by atoms with E-state index in [0.29, 0.717) is 10.9 Å². The summed E-state index contributed by atoms with van der Waals surface area (Å²) in [6.45, 7) is 1.92. The Balaban J connectivity index is 2.32. The molecule has 0 saturated carbocycles. The Morgan fingerprint density at radius 2 is 2.20 bits per heavy atom. The Bertz CT molecular complexity index is 487. The average molecular weight is 239 g/mol.